The highest BCUT2D eigenvalue weighted by Gasteiger charge is 2.39. The second-order valence-electron chi connectivity index (χ2n) is 5.43. The number of aryl methyl sites for hydroxylation is 1. The van der Waals surface area contributed by atoms with E-state index in [2.05, 4.69) is 10.1 Å². The van der Waals surface area contributed by atoms with Gasteiger partial charge in [0.15, 0.2) is 5.78 Å². The SMILES string of the molecule is CCOC1(C(=O)Cc2ncnn2CC)CCCCCC1. The van der Waals surface area contributed by atoms with Crippen LogP contribution in [0.15, 0.2) is 6.33 Å². The van der Waals surface area contributed by atoms with E-state index in [-0.39, 0.29) is 5.78 Å². The van der Waals surface area contributed by atoms with E-state index in [1.54, 1.807) is 4.68 Å². The van der Waals surface area contributed by atoms with Gasteiger partial charge in [0.05, 0.1) is 6.42 Å². The third kappa shape index (κ3) is 3.26. The lowest BCUT2D eigenvalue weighted by Crippen LogP contribution is -2.42. The van der Waals surface area contributed by atoms with Gasteiger partial charge in [-0.3, -0.25) is 4.79 Å². The smallest absolute Gasteiger partial charge is 0.172 e. The van der Waals surface area contributed by atoms with Gasteiger partial charge in [-0.2, -0.15) is 5.10 Å². The van der Waals surface area contributed by atoms with Crippen molar-refractivity contribution in [2.75, 3.05) is 6.61 Å². The van der Waals surface area contributed by atoms with Gasteiger partial charge in [-0.05, 0) is 26.7 Å². The minimum atomic E-state index is -0.588. The molecule has 0 unspecified atom stereocenters. The number of carbonyl (C=O) groups excluding carboxylic acids is 1. The number of nitrogens with zero attached hydrogens (tertiary/aromatic N) is 3. The van der Waals surface area contributed by atoms with Crippen molar-refractivity contribution in [2.24, 2.45) is 0 Å². The molecule has 0 amide bonds. The highest BCUT2D eigenvalue weighted by molar-refractivity contribution is 5.88. The van der Waals surface area contributed by atoms with E-state index in [1.165, 1.54) is 19.2 Å². The minimum Gasteiger partial charge on any atom is -0.367 e. The largest absolute Gasteiger partial charge is 0.367 e. The molecule has 1 aliphatic carbocycles. The number of hydrogen-bond acceptors (Lipinski definition) is 4. The predicted molar refractivity (Wildman–Crippen MR) is 76.5 cm³/mol. The van der Waals surface area contributed by atoms with Crippen LogP contribution in [0.25, 0.3) is 0 Å². The summed E-state index contributed by atoms with van der Waals surface area (Å²) in [4.78, 5) is 17.0. The molecule has 0 bridgehead atoms. The molecule has 2 rings (SSSR count). The molecule has 0 aliphatic heterocycles. The fourth-order valence-corrected chi connectivity index (χ4v) is 3.07. The number of ether oxygens (including phenoxy) is 1. The summed E-state index contributed by atoms with van der Waals surface area (Å²) >= 11 is 0. The van der Waals surface area contributed by atoms with Gasteiger partial charge in [0.25, 0.3) is 0 Å². The monoisotopic (exact) mass is 279 g/mol. The van der Waals surface area contributed by atoms with Gasteiger partial charge >= 0.3 is 0 Å². The summed E-state index contributed by atoms with van der Waals surface area (Å²) in [5.74, 6) is 0.921. The standard InChI is InChI=1S/C15H25N3O2/c1-3-18-14(16-12-17-18)11-13(19)15(20-4-2)9-7-5-6-8-10-15/h12H,3-11H2,1-2H3. The molecule has 1 aromatic heterocycles. The number of carbonyl (C=O) groups is 1. The summed E-state index contributed by atoms with van der Waals surface area (Å²) in [6.07, 6.45) is 8.10. The lowest BCUT2D eigenvalue weighted by atomic mass is 9.87. The number of hydrogen-bond donors (Lipinski definition) is 0. The number of Topliss-reactive ketones (excluding diaryl/α,β-unsaturated/α-hetero) is 1. The Morgan fingerprint density at radius 1 is 1.30 bits per heavy atom. The molecular weight excluding hydrogens is 254 g/mol. The zero-order valence-corrected chi connectivity index (χ0v) is 12.6. The minimum absolute atomic E-state index is 0.170. The Hall–Kier alpha value is -1.23. The summed E-state index contributed by atoms with van der Waals surface area (Å²) in [7, 11) is 0. The molecule has 5 heteroatoms. The third-order valence-corrected chi connectivity index (χ3v) is 4.15. The van der Waals surface area contributed by atoms with E-state index in [4.69, 9.17) is 4.74 Å². The van der Waals surface area contributed by atoms with Crippen LogP contribution in [0.4, 0.5) is 0 Å². The first-order valence-electron chi connectivity index (χ1n) is 7.76. The van der Waals surface area contributed by atoms with Crippen LogP contribution in [0.2, 0.25) is 0 Å². The Bertz CT molecular complexity index is 434. The highest BCUT2D eigenvalue weighted by atomic mass is 16.5. The van der Waals surface area contributed by atoms with E-state index in [9.17, 15) is 4.79 Å². The molecule has 1 heterocycles. The molecule has 0 spiro atoms. The van der Waals surface area contributed by atoms with Crippen LogP contribution in [0, 0.1) is 0 Å². The van der Waals surface area contributed by atoms with Crippen molar-refractivity contribution in [2.45, 2.75) is 70.9 Å². The summed E-state index contributed by atoms with van der Waals surface area (Å²) < 4.78 is 7.71. The summed E-state index contributed by atoms with van der Waals surface area (Å²) in [6.45, 7) is 5.30. The fraction of sp³-hybridized carbons (Fsp3) is 0.800. The van der Waals surface area contributed by atoms with Crippen molar-refractivity contribution in [3.8, 4) is 0 Å². The first kappa shape index (κ1) is 15.2. The van der Waals surface area contributed by atoms with Crippen LogP contribution in [0.5, 0.6) is 0 Å². The highest BCUT2D eigenvalue weighted by Crippen LogP contribution is 2.32. The second kappa shape index (κ2) is 6.97. The first-order valence-corrected chi connectivity index (χ1v) is 7.76. The Morgan fingerprint density at radius 3 is 2.60 bits per heavy atom. The van der Waals surface area contributed by atoms with E-state index in [0.717, 1.165) is 38.1 Å². The molecule has 0 saturated heterocycles. The van der Waals surface area contributed by atoms with Crippen LogP contribution in [-0.4, -0.2) is 32.8 Å². The molecule has 1 aliphatic rings. The van der Waals surface area contributed by atoms with Crippen molar-refractivity contribution in [3.63, 3.8) is 0 Å². The van der Waals surface area contributed by atoms with E-state index >= 15 is 0 Å². The van der Waals surface area contributed by atoms with E-state index in [1.807, 2.05) is 13.8 Å². The predicted octanol–water partition coefficient (Wildman–Crippen LogP) is 2.54. The van der Waals surface area contributed by atoms with Crippen molar-refractivity contribution >= 4 is 5.78 Å². The van der Waals surface area contributed by atoms with Gasteiger partial charge in [-0.25, -0.2) is 9.67 Å². The second-order valence-corrected chi connectivity index (χ2v) is 5.43. The average Bonchev–Trinajstić information content (AvgIpc) is 2.75. The maximum Gasteiger partial charge on any atom is 0.172 e. The quantitative estimate of drug-likeness (QED) is 0.751. The normalized spacial score (nSPS) is 18.7. The topological polar surface area (TPSA) is 57.0 Å². The molecule has 0 aromatic carbocycles. The zero-order chi connectivity index (χ0) is 14.4. The lowest BCUT2D eigenvalue weighted by molar-refractivity contribution is -0.145. The van der Waals surface area contributed by atoms with Crippen molar-refractivity contribution < 1.29 is 9.53 Å². The van der Waals surface area contributed by atoms with Crippen molar-refractivity contribution in [1.82, 2.24) is 14.8 Å². The molecule has 1 saturated carbocycles. The third-order valence-electron chi connectivity index (χ3n) is 4.15. The molecular formula is C15H25N3O2. The molecule has 1 fully saturated rings. The number of aromatic nitrogens is 3. The van der Waals surface area contributed by atoms with Crippen LogP contribution >= 0.6 is 0 Å². The number of ketones is 1. The Labute approximate surface area is 120 Å². The fourth-order valence-electron chi connectivity index (χ4n) is 3.07. The number of rotatable bonds is 6. The molecule has 5 nitrogen and oxygen atoms in total. The molecule has 20 heavy (non-hydrogen) atoms. The van der Waals surface area contributed by atoms with Crippen molar-refractivity contribution in [1.29, 1.82) is 0 Å². The average molecular weight is 279 g/mol. The summed E-state index contributed by atoms with van der Waals surface area (Å²) in [5.41, 5.74) is -0.588. The maximum atomic E-state index is 12.8. The van der Waals surface area contributed by atoms with Gasteiger partial charge in [-0.15, -0.1) is 0 Å². The van der Waals surface area contributed by atoms with Gasteiger partial charge in [0.2, 0.25) is 0 Å². The van der Waals surface area contributed by atoms with Gasteiger partial charge < -0.3 is 4.74 Å². The van der Waals surface area contributed by atoms with Gasteiger partial charge in [0.1, 0.15) is 17.8 Å². The van der Waals surface area contributed by atoms with Gasteiger partial charge in [0, 0.05) is 13.2 Å². The van der Waals surface area contributed by atoms with E-state index in [0.29, 0.717) is 13.0 Å². The molecule has 0 N–H and O–H groups in total. The Balaban J connectivity index is 2.14. The van der Waals surface area contributed by atoms with E-state index < -0.39 is 5.60 Å². The van der Waals surface area contributed by atoms with Crippen LogP contribution in [0.3, 0.4) is 0 Å². The summed E-state index contributed by atoms with van der Waals surface area (Å²) in [6, 6.07) is 0. The maximum absolute atomic E-state index is 12.8. The van der Waals surface area contributed by atoms with Crippen molar-refractivity contribution in [3.05, 3.63) is 12.2 Å². The summed E-state index contributed by atoms with van der Waals surface area (Å²) in [5, 5.41) is 4.13. The molecule has 0 atom stereocenters. The Morgan fingerprint density at radius 2 is 2.00 bits per heavy atom. The lowest BCUT2D eigenvalue weighted by Gasteiger charge is -2.31. The van der Waals surface area contributed by atoms with Gasteiger partial charge in [-0.1, -0.05) is 25.7 Å². The van der Waals surface area contributed by atoms with Crippen LogP contribution < -0.4 is 0 Å². The Kier molecular flexibility index (Phi) is 5.29. The molecule has 0 radical (unpaired) electrons. The molecule has 1 aromatic rings. The zero-order valence-electron chi connectivity index (χ0n) is 12.6. The first-order chi connectivity index (χ1) is 9.72. The van der Waals surface area contributed by atoms with Crippen LogP contribution in [0.1, 0.15) is 58.2 Å². The van der Waals surface area contributed by atoms with Crippen LogP contribution in [-0.2, 0) is 22.5 Å². The molecule has 112 valence electrons.